The number of fused-ring (bicyclic) bond motifs is 1. The van der Waals surface area contributed by atoms with E-state index in [0.29, 0.717) is 37.9 Å². The summed E-state index contributed by atoms with van der Waals surface area (Å²) in [6.07, 6.45) is 1.83. The Hall–Kier alpha value is -3.30. The number of azide groups is 1. The average Bonchev–Trinajstić information content (AvgIpc) is 2.96. The molecule has 1 unspecified atom stereocenters. The summed E-state index contributed by atoms with van der Waals surface area (Å²) in [5, 5.41) is 5.75. The number of benzene rings is 1. The molecule has 3 amide bonds. The number of carbonyl (C=O) groups is 3. The van der Waals surface area contributed by atoms with Crippen LogP contribution < -0.4 is 5.32 Å². The Morgan fingerprint density at radius 2 is 2.19 bits per heavy atom. The monoisotopic (exact) mass is 351 g/mol. The first-order chi connectivity index (χ1) is 12.6. The highest BCUT2D eigenvalue weighted by molar-refractivity contribution is 6.05. The SMILES string of the molecule is [N-]=[N+]=NCCCC#Cc1cccc2c1CN(C1CCC(=O)NC1=O)C2=O. The normalized spacial score (nSPS) is 18.5. The molecule has 8 nitrogen and oxygen atoms in total. The van der Waals surface area contributed by atoms with E-state index in [4.69, 9.17) is 5.53 Å². The number of amides is 3. The molecule has 26 heavy (non-hydrogen) atoms. The molecule has 1 fully saturated rings. The summed E-state index contributed by atoms with van der Waals surface area (Å²) >= 11 is 0. The third-order valence-corrected chi connectivity index (χ3v) is 4.43. The van der Waals surface area contributed by atoms with E-state index in [-0.39, 0.29) is 18.2 Å². The third-order valence-electron chi connectivity index (χ3n) is 4.43. The van der Waals surface area contributed by atoms with Gasteiger partial charge in [0.2, 0.25) is 11.8 Å². The molecule has 8 heteroatoms. The van der Waals surface area contributed by atoms with Crippen molar-refractivity contribution >= 4 is 17.7 Å². The van der Waals surface area contributed by atoms with Gasteiger partial charge >= 0.3 is 0 Å². The number of rotatable bonds is 4. The summed E-state index contributed by atoms with van der Waals surface area (Å²) in [7, 11) is 0. The summed E-state index contributed by atoms with van der Waals surface area (Å²) in [5.74, 6) is 5.16. The van der Waals surface area contributed by atoms with Gasteiger partial charge in [0.05, 0.1) is 0 Å². The molecular formula is C18H17N5O3. The molecule has 2 heterocycles. The van der Waals surface area contributed by atoms with Gasteiger partial charge < -0.3 is 4.90 Å². The summed E-state index contributed by atoms with van der Waals surface area (Å²) in [6, 6.07) is 4.73. The second-order valence-corrected chi connectivity index (χ2v) is 6.09. The van der Waals surface area contributed by atoms with Gasteiger partial charge in [-0.2, -0.15) is 0 Å². The van der Waals surface area contributed by atoms with Crippen molar-refractivity contribution in [2.75, 3.05) is 6.54 Å². The van der Waals surface area contributed by atoms with Crippen LogP contribution in [0.25, 0.3) is 10.4 Å². The fourth-order valence-corrected chi connectivity index (χ4v) is 3.14. The number of piperidine rings is 1. The minimum absolute atomic E-state index is 0.207. The molecule has 2 aliphatic rings. The molecule has 2 aliphatic heterocycles. The minimum Gasteiger partial charge on any atom is -0.322 e. The van der Waals surface area contributed by atoms with E-state index in [0.717, 1.165) is 11.1 Å². The zero-order valence-corrected chi connectivity index (χ0v) is 14.1. The fraction of sp³-hybridized carbons (Fsp3) is 0.389. The maximum atomic E-state index is 12.7. The van der Waals surface area contributed by atoms with Crippen LogP contribution >= 0.6 is 0 Å². The number of nitrogens with one attached hydrogen (secondary N) is 1. The van der Waals surface area contributed by atoms with E-state index in [2.05, 4.69) is 27.2 Å². The summed E-state index contributed by atoms with van der Waals surface area (Å²) in [4.78, 5) is 40.3. The number of hydrogen-bond acceptors (Lipinski definition) is 4. The van der Waals surface area contributed by atoms with Gasteiger partial charge in [-0.15, -0.1) is 0 Å². The van der Waals surface area contributed by atoms with Crippen molar-refractivity contribution in [1.29, 1.82) is 0 Å². The van der Waals surface area contributed by atoms with Gasteiger partial charge in [-0.25, -0.2) is 0 Å². The summed E-state index contributed by atoms with van der Waals surface area (Å²) < 4.78 is 0. The van der Waals surface area contributed by atoms with E-state index in [1.165, 1.54) is 4.90 Å². The van der Waals surface area contributed by atoms with Crippen LogP contribution in [0.1, 0.15) is 47.2 Å². The van der Waals surface area contributed by atoms with E-state index < -0.39 is 11.9 Å². The summed E-state index contributed by atoms with van der Waals surface area (Å²) in [6.45, 7) is 0.712. The Bertz CT molecular complexity index is 877. The second kappa shape index (κ2) is 7.72. The van der Waals surface area contributed by atoms with Crippen molar-refractivity contribution in [3.8, 4) is 11.8 Å². The number of carbonyl (C=O) groups excluding carboxylic acids is 3. The highest BCUT2D eigenvalue weighted by Crippen LogP contribution is 2.29. The number of unbranched alkanes of at least 4 members (excludes halogenated alkanes) is 1. The lowest BCUT2D eigenvalue weighted by molar-refractivity contribution is -0.136. The van der Waals surface area contributed by atoms with Gasteiger partial charge in [-0.3, -0.25) is 19.7 Å². The van der Waals surface area contributed by atoms with Gasteiger partial charge in [0.15, 0.2) is 0 Å². The Morgan fingerprint density at radius 3 is 2.96 bits per heavy atom. The molecule has 0 saturated carbocycles. The van der Waals surface area contributed by atoms with Crippen LogP contribution in [0.4, 0.5) is 0 Å². The number of imide groups is 1. The molecule has 132 valence electrons. The van der Waals surface area contributed by atoms with Crippen molar-refractivity contribution in [2.45, 2.75) is 38.3 Å². The van der Waals surface area contributed by atoms with Crippen molar-refractivity contribution in [3.63, 3.8) is 0 Å². The van der Waals surface area contributed by atoms with Crippen molar-refractivity contribution in [2.24, 2.45) is 5.11 Å². The lowest BCUT2D eigenvalue weighted by atomic mass is 10.0. The van der Waals surface area contributed by atoms with Gasteiger partial charge in [0.1, 0.15) is 6.04 Å². The third kappa shape index (κ3) is 3.53. The Kier molecular flexibility index (Phi) is 5.20. The van der Waals surface area contributed by atoms with E-state index in [1.54, 1.807) is 12.1 Å². The van der Waals surface area contributed by atoms with Gasteiger partial charge in [-0.1, -0.05) is 23.0 Å². The summed E-state index contributed by atoms with van der Waals surface area (Å²) in [5.41, 5.74) is 10.4. The van der Waals surface area contributed by atoms with Gasteiger partial charge in [-0.05, 0) is 36.1 Å². The van der Waals surface area contributed by atoms with E-state index >= 15 is 0 Å². The topological polar surface area (TPSA) is 115 Å². The first-order valence-electron chi connectivity index (χ1n) is 8.38. The zero-order valence-electron chi connectivity index (χ0n) is 14.1. The molecule has 1 atom stereocenters. The standard InChI is InChI=1S/C18H17N5O3/c19-22-20-10-3-1-2-5-12-6-4-7-13-14(12)11-23(18(13)26)15-8-9-16(24)21-17(15)25/h4,6-7,15H,1,3,8-11H2,(H,21,24,25). The molecule has 0 bridgehead atoms. The minimum atomic E-state index is -0.628. The van der Waals surface area contributed by atoms with Crippen molar-refractivity contribution in [1.82, 2.24) is 10.2 Å². The van der Waals surface area contributed by atoms with Crippen LogP contribution in [0.15, 0.2) is 23.3 Å². The lowest BCUT2D eigenvalue weighted by Crippen LogP contribution is -2.52. The van der Waals surface area contributed by atoms with Crippen LogP contribution in [-0.4, -0.2) is 35.2 Å². The van der Waals surface area contributed by atoms with Crippen LogP contribution in [0.2, 0.25) is 0 Å². The molecular weight excluding hydrogens is 334 g/mol. The molecule has 1 aromatic rings. The smallest absolute Gasteiger partial charge is 0.255 e. The van der Waals surface area contributed by atoms with Crippen molar-refractivity contribution in [3.05, 3.63) is 45.3 Å². The highest BCUT2D eigenvalue weighted by Gasteiger charge is 2.39. The lowest BCUT2D eigenvalue weighted by Gasteiger charge is -2.29. The molecule has 3 rings (SSSR count). The second-order valence-electron chi connectivity index (χ2n) is 6.09. The Labute approximate surface area is 150 Å². The molecule has 1 N–H and O–H groups in total. The van der Waals surface area contributed by atoms with Crippen molar-refractivity contribution < 1.29 is 14.4 Å². The van der Waals surface area contributed by atoms with Gasteiger partial charge in [0, 0.05) is 42.0 Å². The van der Waals surface area contributed by atoms with E-state index in [1.807, 2.05) is 6.07 Å². The van der Waals surface area contributed by atoms with E-state index in [9.17, 15) is 14.4 Å². The van der Waals surface area contributed by atoms with Crippen LogP contribution in [0, 0.1) is 11.8 Å². The maximum absolute atomic E-state index is 12.7. The Morgan fingerprint density at radius 1 is 1.35 bits per heavy atom. The number of nitrogens with zero attached hydrogens (tertiary/aromatic N) is 4. The van der Waals surface area contributed by atoms with Crippen LogP contribution in [0.5, 0.6) is 0 Å². The van der Waals surface area contributed by atoms with Crippen LogP contribution in [0.3, 0.4) is 0 Å². The molecule has 1 saturated heterocycles. The van der Waals surface area contributed by atoms with Gasteiger partial charge in [0.25, 0.3) is 5.91 Å². The molecule has 0 aromatic heterocycles. The predicted octanol–water partition coefficient (Wildman–Crippen LogP) is 1.89. The zero-order chi connectivity index (χ0) is 18.5. The first-order valence-corrected chi connectivity index (χ1v) is 8.38. The maximum Gasteiger partial charge on any atom is 0.255 e. The van der Waals surface area contributed by atoms with Crippen LogP contribution in [-0.2, 0) is 16.1 Å². The largest absolute Gasteiger partial charge is 0.322 e. The quantitative estimate of drug-likeness (QED) is 0.223. The first kappa shape index (κ1) is 17.5. The molecule has 0 aliphatic carbocycles. The number of hydrogen-bond donors (Lipinski definition) is 1. The Balaban J connectivity index is 1.75. The fourth-order valence-electron chi connectivity index (χ4n) is 3.14. The predicted molar refractivity (Wildman–Crippen MR) is 92.6 cm³/mol. The molecule has 0 radical (unpaired) electrons. The average molecular weight is 351 g/mol. The molecule has 0 spiro atoms. The highest BCUT2D eigenvalue weighted by atomic mass is 16.2. The molecule has 1 aromatic carbocycles.